The Bertz CT molecular complexity index is 708. The van der Waals surface area contributed by atoms with Gasteiger partial charge in [0.2, 0.25) is 0 Å². The summed E-state index contributed by atoms with van der Waals surface area (Å²) in [6, 6.07) is 11.9. The smallest absolute Gasteiger partial charge is 0.131 e. The molecule has 0 radical (unpaired) electrons. The van der Waals surface area contributed by atoms with E-state index in [0.29, 0.717) is 11.5 Å². The van der Waals surface area contributed by atoms with Crippen molar-refractivity contribution in [3.63, 3.8) is 0 Å². The van der Waals surface area contributed by atoms with Gasteiger partial charge in [-0.1, -0.05) is 32.9 Å². The quantitative estimate of drug-likeness (QED) is 0.768. The molecule has 0 saturated heterocycles. The molecule has 3 heteroatoms. The van der Waals surface area contributed by atoms with E-state index in [1.165, 1.54) is 23.8 Å². The highest BCUT2D eigenvalue weighted by atomic mass is 19.1. The number of nitriles is 1. The van der Waals surface area contributed by atoms with Gasteiger partial charge >= 0.3 is 0 Å². The molecule has 2 aromatic carbocycles. The number of hydrogen-bond acceptors (Lipinski definition) is 2. The number of rotatable bonds is 2. The molecule has 2 aromatic rings. The summed E-state index contributed by atoms with van der Waals surface area (Å²) in [5.41, 5.74) is 2.50. The van der Waals surface area contributed by atoms with Gasteiger partial charge in [0.15, 0.2) is 0 Å². The summed E-state index contributed by atoms with van der Waals surface area (Å²) in [7, 11) is 0. The van der Waals surface area contributed by atoms with E-state index in [1.54, 1.807) is 0 Å². The van der Waals surface area contributed by atoms with Gasteiger partial charge in [-0.2, -0.15) is 5.26 Å². The molecule has 0 bridgehead atoms. The number of aryl methyl sites for hydroxylation is 1. The number of ether oxygens (including phenoxy) is 1. The van der Waals surface area contributed by atoms with Crippen LogP contribution in [0.5, 0.6) is 11.5 Å². The molecule has 2 nitrogen and oxygen atoms in total. The molecule has 0 N–H and O–H groups in total. The Balaban J connectivity index is 2.33. The van der Waals surface area contributed by atoms with E-state index in [4.69, 9.17) is 10.00 Å². The first-order chi connectivity index (χ1) is 9.79. The molecule has 21 heavy (non-hydrogen) atoms. The van der Waals surface area contributed by atoms with Gasteiger partial charge in [-0.3, -0.25) is 0 Å². The summed E-state index contributed by atoms with van der Waals surface area (Å²) < 4.78 is 19.1. The fraction of sp³-hybridized carbons (Fsp3) is 0.278. The molecule has 0 saturated carbocycles. The van der Waals surface area contributed by atoms with Gasteiger partial charge in [0.25, 0.3) is 0 Å². The van der Waals surface area contributed by atoms with E-state index in [9.17, 15) is 4.39 Å². The lowest BCUT2D eigenvalue weighted by atomic mass is 9.86. The zero-order valence-corrected chi connectivity index (χ0v) is 12.7. The minimum Gasteiger partial charge on any atom is -0.457 e. The van der Waals surface area contributed by atoms with Crippen LogP contribution in [-0.2, 0) is 5.41 Å². The van der Waals surface area contributed by atoms with Gasteiger partial charge in [-0.15, -0.1) is 0 Å². The van der Waals surface area contributed by atoms with Crippen LogP contribution in [0.3, 0.4) is 0 Å². The van der Waals surface area contributed by atoms with Crippen LogP contribution in [-0.4, -0.2) is 0 Å². The third-order valence-electron chi connectivity index (χ3n) is 3.27. The van der Waals surface area contributed by atoms with Crippen LogP contribution >= 0.6 is 0 Å². The van der Waals surface area contributed by atoms with E-state index in [0.717, 1.165) is 5.56 Å². The van der Waals surface area contributed by atoms with Gasteiger partial charge in [0.1, 0.15) is 17.3 Å². The molecule has 0 unspecified atom stereocenters. The van der Waals surface area contributed by atoms with E-state index >= 15 is 0 Å². The van der Waals surface area contributed by atoms with E-state index < -0.39 is 5.82 Å². The summed E-state index contributed by atoms with van der Waals surface area (Å²) in [5.74, 6) is 0.517. The molecule has 108 valence electrons. The highest BCUT2D eigenvalue weighted by Gasteiger charge is 2.15. The highest BCUT2D eigenvalue weighted by Crippen LogP contribution is 2.30. The van der Waals surface area contributed by atoms with Crippen molar-refractivity contribution in [2.75, 3.05) is 0 Å². The Morgan fingerprint density at radius 1 is 1.10 bits per heavy atom. The van der Waals surface area contributed by atoms with Gasteiger partial charge in [-0.05, 0) is 41.7 Å². The minimum absolute atomic E-state index is 0.0656. The Labute approximate surface area is 124 Å². The second-order valence-corrected chi connectivity index (χ2v) is 6.12. The van der Waals surface area contributed by atoms with Crippen molar-refractivity contribution in [3.8, 4) is 17.6 Å². The molecule has 0 atom stereocenters. The Morgan fingerprint density at radius 3 is 2.38 bits per heavy atom. The molecule has 0 heterocycles. The van der Waals surface area contributed by atoms with Crippen LogP contribution in [0.1, 0.15) is 37.5 Å². The zero-order chi connectivity index (χ0) is 15.6. The molecule has 0 aliphatic rings. The highest BCUT2D eigenvalue weighted by molar-refractivity contribution is 5.43. The summed E-state index contributed by atoms with van der Waals surface area (Å²) in [6.07, 6.45) is 0. The van der Waals surface area contributed by atoms with Crippen LogP contribution in [0.2, 0.25) is 0 Å². The first-order valence-corrected chi connectivity index (χ1v) is 6.79. The largest absolute Gasteiger partial charge is 0.457 e. The second-order valence-electron chi connectivity index (χ2n) is 6.12. The topological polar surface area (TPSA) is 33.0 Å². The zero-order valence-electron chi connectivity index (χ0n) is 12.7. The first kappa shape index (κ1) is 15.1. The maximum absolute atomic E-state index is 13.4. The third kappa shape index (κ3) is 3.61. The molecular formula is C18H18FNO. The molecule has 0 aliphatic heterocycles. The van der Waals surface area contributed by atoms with Gasteiger partial charge in [0.05, 0.1) is 11.6 Å². The normalized spacial score (nSPS) is 11.0. The van der Waals surface area contributed by atoms with Crippen LogP contribution < -0.4 is 4.74 Å². The van der Waals surface area contributed by atoms with Crippen molar-refractivity contribution in [2.24, 2.45) is 0 Å². The van der Waals surface area contributed by atoms with E-state index in [2.05, 4.69) is 26.8 Å². The van der Waals surface area contributed by atoms with Crippen LogP contribution in [0, 0.1) is 24.1 Å². The third-order valence-corrected chi connectivity index (χ3v) is 3.27. The summed E-state index contributed by atoms with van der Waals surface area (Å²) in [5, 5.41) is 8.86. The van der Waals surface area contributed by atoms with E-state index in [-0.39, 0.29) is 11.0 Å². The van der Waals surface area contributed by atoms with Crippen molar-refractivity contribution in [1.29, 1.82) is 5.26 Å². The molecule has 0 aromatic heterocycles. The maximum atomic E-state index is 13.4. The SMILES string of the molecule is Cc1cc(C(C)(C)C)ccc1Oc1cc(F)cc(C#N)c1. The van der Waals surface area contributed by atoms with Crippen molar-refractivity contribution in [2.45, 2.75) is 33.1 Å². The standard InChI is InChI=1S/C18H18FNO/c1-12-7-14(18(2,3)4)5-6-17(12)21-16-9-13(11-20)8-15(19)10-16/h5-10H,1-4H3. The lowest BCUT2D eigenvalue weighted by Gasteiger charge is -2.20. The molecule has 0 fully saturated rings. The van der Waals surface area contributed by atoms with Crippen molar-refractivity contribution in [3.05, 3.63) is 58.9 Å². The average molecular weight is 283 g/mol. The Kier molecular flexibility index (Phi) is 3.99. The van der Waals surface area contributed by atoms with Crippen LogP contribution in [0.25, 0.3) is 0 Å². The molecule has 0 amide bonds. The summed E-state index contributed by atoms with van der Waals surface area (Å²) in [4.78, 5) is 0. The fourth-order valence-electron chi connectivity index (χ4n) is 2.04. The molecule has 2 rings (SSSR count). The summed E-state index contributed by atoms with van der Waals surface area (Å²) >= 11 is 0. The predicted octanol–water partition coefficient (Wildman–Crippen LogP) is 5.10. The van der Waals surface area contributed by atoms with Gasteiger partial charge in [0, 0.05) is 6.07 Å². The van der Waals surface area contributed by atoms with Crippen LogP contribution in [0.4, 0.5) is 4.39 Å². The number of nitrogens with zero attached hydrogens (tertiary/aromatic N) is 1. The first-order valence-electron chi connectivity index (χ1n) is 6.79. The second kappa shape index (κ2) is 5.57. The number of benzene rings is 2. The van der Waals surface area contributed by atoms with E-state index in [1.807, 2.05) is 25.1 Å². The molecule has 0 spiro atoms. The van der Waals surface area contributed by atoms with Gasteiger partial charge < -0.3 is 4.74 Å². The maximum Gasteiger partial charge on any atom is 0.131 e. The Hall–Kier alpha value is -2.34. The summed E-state index contributed by atoms with van der Waals surface area (Å²) in [6.45, 7) is 8.39. The fourth-order valence-corrected chi connectivity index (χ4v) is 2.04. The van der Waals surface area contributed by atoms with Gasteiger partial charge in [-0.25, -0.2) is 4.39 Å². The lowest BCUT2D eigenvalue weighted by Crippen LogP contribution is -2.11. The molecular weight excluding hydrogens is 265 g/mol. The molecule has 0 aliphatic carbocycles. The number of hydrogen-bond donors (Lipinski definition) is 0. The predicted molar refractivity (Wildman–Crippen MR) is 81.1 cm³/mol. The van der Waals surface area contributed by atoms with Crippen molar-refractivity contribution < 1.29 is 9.13 Å². The Morgan fingerprint density at radius 2 is 1.81 bits per heavy atom. The average Bonchev–Trinajstić information content (AvgIpc) is 2.39. The van der Waals surface area contributed by atoms with Crippen LogP contribution in [0.15, 0.2) is 36.4 Å². The number of halogens is 1. The van der Waals surface area contributed by atoms with Crippen molar-refractivity contribution >= 4 is 0 Å². The minimum atomic E-state index is -0.479. The van der Waals surface area contributed by atoms with Crippen molar-refractivity contribution in [1.82, 2.24) is 0 Å². The monoisotopic (exact) mass is 283 g/mol. The lowest BCUT2D eigenvalue weighted by molar-refractivity contribution is 0.471.